The van der Waals surface area contributed by atoms with Crippen LogP contribution < -0.4 is 15.9 Å². The van der Waals surface area contributed by atoms with E-state index in [0.717, 1.165) is 11.8 Å². The lowest BCUT2D eigenvalue weighted by atomic mass is 9.92. The molecule has 14 nitrogen and oxygen atoms in total. The second kappa shape index (κ2) is 18.2. The molecule has 1 fully saturated rings. The number of benzene rings is 4. The largest absolute Gasteiger partial charge is 0.508 e. The van der Waals surface area contributed by atoms with Crippen LogP contribution >= 0.6 is 18.6 Å². The van der Waals surface area contributed by atoms with E-state index in [1.165, 1.54) is 38.1 Å². The summed E-state index contributed by atoms with van der Waals surface area (Å²) >= 11 is 0.414. The molecule has 0 radical (unpaired) electrons. The number of amides is 1. The number of nitro benzene ring substituents is 1. The molecule has 4 aromatic carbocycles. The minimum absolute atomic E-state index is 0.161. The number of carbonyl (C=O) groups excluding carboxylic acids is 6. The number of hydrogen-bond donors (Lipinski definition) is 1. The quantitative estimate of drug-likeness (QED) is 0.0455. The predicted octanol–water partition coefficient (Wildman–Crippen LogP) is 3.89. The average molecular weight is 801 g/mol. The molecule has 1 aliphatic rings. The van der Waals surface area contributed by atoms with E-state index >= 15 is 0 Å². The Morgan fingerprint density at radius 3 is 1.77 bits per heavy atom. The second-order valence-electron chi connectivity index (χ2n) is 12.6. The highest BCUT2D eigenvalue weighted by Crippen LogP contribution is 2.51. The first-order chi connectivity index (χ1) is 26.8. The van der Waals surface area contributed by atoms with Crippen molar-refractivity contribution in [2.45, 2.75) is 45.0 Å². The lowest BCUT2D eigenvalue weighted by Gasteiger charge is -2.50. The van der Waals surface area contributed by atoms with Crippen LogP contribution in [0.1, 0.15) is 26.3 Å². The molecule has 0 aliphatic carbocycles. The zero-order chi connectivity index (χ0) is 40.6. The monoisotopic (exact) mass is 800 g/mol. The molecule has 0 spiro atoms. The summed E-state index contributed by atoms with van der Waals surface area (Å²) in [5.41, 5.74) is 0.0551. The fourth-order valence-corrected chi connectivity index (χ4v) is 11.9. The Kier molecular flexibility index (Phi) is 13.4. The number of aliphatic hydroxyl groups is 1. The van der Waals surface area contributed by atoms with Gasteiger partial charge in [-0.15, -0.1) is 0 Å². The molecule has 1 N–H and O–H groups in total. The van der Waals surface area contributed by atoms with E-state index in [1.54, 1.807) is 91.0 Å². The topological polar surface area (TPSA) is 197 Å². The first-order valence-electron chi connectivity index (χ1n) is 17.2. The third-order valence-corrected chi connectivity index (χ3v) is 14.2. The molecule has 4 aromatic rings. The van der Waals surface area contributed by atoms with Crippen molar-refractivity contribution < 1.29 is 53.0 Å². The lowest BCUT2D eigenvalue weighted by Crippen LogP contribution is -2.67. The summed E-state index contributed by atoms with van der Waals surface area (Å²) in [6.45, 7) is -0.822. The van der Waals surface area contributed by atoms with Crippen LogP contribution in [0.2, 0.25) is 0 Å². The highest BCUT2D eigenvalue weighted by molar-refractivity contribution is 8.14. The van der Waals surface area contributed by atoms with E-state index in [4.69, 9.17) is 14.2 Å². The van der Waals surface area contributed by atoms with Crippen LogP contribution in [0.5, 0.6) is 0 Å². The minimum Gasteiger partial charge on any atom is -0.453 e. The molecule has 2 unspecified atom stereocenters. The number of ketones is 2. The maximum absolute atomic E-state index is 14.7. The zero-order valence-electron chi connectivity index (χ0n) is 30.4. The maximum Gasteiger partial charge on any atom is 0.508 e. The van der Waals surface area contributed by atoms with E-state index in [2.05, 4.69) is 0 Å². The van der Waals surface area contributed by atoms with Crippen molar-refractivity contribution in [2.75, 3.05) is 6.61 Å². The number of nitrogens with zero attached hydrogens (tertiary/aromatic N) is 2. The van der Waals surface area contributed by atoms with Crippen LogP contribution in [0, 0.1) is 16.0 Å². The highest BCUT2D eigenvalue weighted by atomic mass is 32.2. The Labute approximate surface area is 325 Å². The Bertz CT molecular complexity index is 2080. The van der Waals surface area contributed by atoms with Gasteiger partial charge in [-0.3, -0.25) is 34.2 Å². The van der Waals surface area contributed by atoms with E-state index in [1.807, 2.05) is 0 Å². The molecule has 0 saturated carbocycles. The number of β-lactam (4-membered cyclic amide) rings is 1. The number of carbonyl (C=O) groups is 6. The number of nitro groups is 1. The van der Waals surface area contributed by atoms with Gasteiger partial charge in [0.2, 0.25) is 11.0 Å². The van der Waals surface area contributed by atoms with Crippen molar-refractivity contribution >= 4 is 80.4 Å². The molecular formula is C40H37N2O12PS. The van der Waals surface area contributed by atoms with Gasteiger partial charge in [0.25, 0.3) is 5.69 Å². The number of rotatable bonds is 15. The molecule has 4 atom stereocenters. The van der Waals surface area contributed by atoms with Gasteiger partial charge >= 0.3 is 12.1 Å². The van der Waals surface area contributed by atoms with Crippen molar-refractivity contribution in [2.24, 2.45) is 5.92 Å². The van der Waals surface area contributed by atoms with Gasteiger partial charge in [0, 0.05) is 19.0 Å². The number of aliphatic hydroxyl groups excluding tert-OH is 1. The normalized spacial score (nSPS) is 16.1. The summed E-state index contributed by atoms with van der Waals surface area (Å²) < 4.78 is 16.3. The number of hydrogen-bond acceptors (Lipinski definition) is 13. The van der Waals surface area contributed by atoms with Crippen molar-refractivity contribution in [3.8, 4) is 0 Å². The van der Waals surface area contributed by atoms with Gasteiger partial charge < -0.3 is 19.3 Å². The third kappa shape index (κ3) is 8.81. The molecule has 1 aliphatic heterocycles. The molecule has 1 saturated heterocycles. The Balaban J connectivity index is 1.67. The average Bonchev–Trinajstić information content (AvgIpc) is 3.19. The summed E-state index contributed by atoms with van der Waals surface area (Å²) in [4.78, 5) is 91.5. The van der Waals surface area contributed by atoms with Gasteiger partial charge in [0.1, 0.15) is 36.0 Å². The summed E-state index contributed by atoms with van der Waals surface area (Å²) in [6, 6.07) is 32.0. The maximum atomic E-state index is 14.7. The van der Waals surface area contributed by atoms with Gasteiger partial charge in [-0.1, -0.05) is 103 Å². The highest BCUT2D eigenvalue weighted by Gasteiger charge is 2.58. The fourth-order valence-electron chi connectivity index (χ4n) is 6.13. The van der Waals surface area contributed by atoms with Gasteiger partial charge in [-0.2, -0.15) is 0 Å². The van der Waals surface area contributed by atoms with Gasteiger partial charge in [0.05, 0.1) is 4.92 Å². The zero-order valence-corrected chi connectivity index (χ0v) is 32.1. The molecule has 1 heterocycles. The summed E-state index contributed by atoms with van der Waals surface area (Å²) in [6.07, 6.45) is -4.58. The summed E-state index contributed by atoms with van der Waals surface area (Å²) in [7, 11) is 0. The Morgan fingerprint density at radius 2 is 1.32 bits per heavy atom. The third-order valence-electron chi connectivity index (χ3n) is 8.79. The molecule has 0 bridgehead atoms. The molecule has 0 aromatic heterocycles. The predicted molar refractivity (Wildman–Crippen MR) is 209 cm³/mol. The van der Waals surface area contributed by atoms with Gasteiger partial charge in [-0.25, -0.2) is 9.59 Å². The van der Waals surface area contributed by atoms with Crippen molar-refractivity contribution in [1.82, 2.24) is 4.90 Å². The number of esters is 1. The molecule has 5 rings (SSSR count). The fraction of sp³-hybridized carbons (Fsp3) is 0.225. The Hall–Kier alpha value is -5.89. The van der Waals surface area contributed by atoms with Gasteiger partial charge in [-0.05, 0) is 54.4 Å². The first-order valence-corrected chi connectivity index (χ1v) is 19.8. The van der Waals surface area contributed by atoms with E-state index in [-0.39, 0.29) is 17.7 Å². The standard InChI is InChI=1S/C40H37N2O12PS/c1-25(43)23-52-38(47)36(55(30-13-7-4-8-14-30,31-15-9-5-10-16-31)32-17-11-6-12-18-32)41-35(46)33(37(41)56-39(48)34(45)26(2)44)27(3)54-40(49)53-24-28-19-21-29(22-20-28)42(50)51/h4-22,27,33-34,37,45H,23-24H2,1-3H3/t27?,33-,34?,37+/m0/s1. The van der Waals surface area contributed by atoms with Crippen LogP contribution in [0.25, 0.3) is 0 Å². The molecule has 1 amide bonds. The SMILES string of the molecule is CC(=O)COC(=O)C(N1C(=O)[C@H](C(C)OC(=O)OCc2ccc([N+](=O)[O-])cc2)[C@H]1SC(=O)C(O)C(C)=O)=P(c1ccccc1)(c1ccccc1)c1ccccc1. The van der Waals surface area contributed by atoms with Crippen LogP contribution in [-0.2, 0) is 44.8 Å². The summed E-state index contributed by atoms with van der Waals surface area (Å²) in [5.74, 6) is -4.45. The number of non-ortho nitro benzene ring substituents is 1. The minimum atomic E-state index is -3.49. The number of likely N-dealkylation sites (tertiary alicyclic amines) is 1. The molecule has 56 heavy (non-hydrogen) atoms. The summed E-state index contributed by atoms with van der Waals surface area (Å²) in [5, 5.41) is 21.0. The van der Waals surface area contributed by atoms with Crippen molar-refractivity contribution in [3.63, 3.8) is 0 Å². The van der Waals surface area contributed by atoms with Crippen LogP contribution in [0.15, 0.2) is 115 Å². The molecule has 16 heteroatoms. The van der Waals surface area contributed by atoms with E-state index in [0.29, 0.717) is 33.2 Å². The van der Waals surface area contributed by atoms with E-state index in [9.17, 15) is 44.0 Å². The molecular weight excluding hydrogens is 763 g/mol. The second-order valence-corrected chi connectivity index (χ2v) is 17.1. The smallest absolute Gasteiger partial charge is 0.453 e. The van der Waals surface area contributed by atoms with E-state index < -0.39 is 76.6 Å². The van der Waals surface area contributed by atoms with Crippen molar-refractivity contribution in [1.29, 1.82) is 0 Å². The number of Topliss-reactive ketones (excluding diaryl/α,β-unsaturated/α-hetero) is 2. The van der Waals surface area contributed by atoms with Crippen LogP contribution in [0.4, 0.5) is 10.5 Å². The van der Waals surface area contributed by atoms with Crippen LogP contribution in [0.3, 0.4) is 0 Å². The number of ether oxygens (including phenoxy) is 3. The Morgan fingerprint density at radius 1 is 0.821 bits per heavy atom. The molecule has 290 valence electrons. The van der Waals surface area contributed by atoms with Gasteiger partial charge in [0.15, 0.2) is 17.7 Å². The van der Waals surface area contributed by atoms with Crippen LogP contribution in [-0.4, -0.2) is 79.2 Å². The number of thioether (sulfide) groups is 1. The lowest BCUT2D eigenvalue weighted by molar-refractivity contribution is -0.384. The first kappa shape index (κ1) is 41.3. The van der Waals surface area contributed by atoms with Crippen molar-refractivity contribution in [3.05, 3.63) is 131 Å².